The predicted octanol–water partition coefficient (Wildman–Crippen LogP) is 5.89. The van der Waals surface area contributed by atoms with E-state index in [-0.39, 0.29) is 12.2 Å². The number of anilines is 1. The van der Waals surface area contributed by atoms with E-state index in [1.165, 1.54) is 6.42 Å². The molecule has 4 heteroatoms. The lowest BCUT2D eigenvalue weighted by molar-refractivity contribution is 0.0865. The number of carbonyl (C=O) groups excluding carboxylic acids is 1. The molecule has 0 unspecified atom stereocenters. The van der Waals surface area contributed by atoms with Crippen molar-refractivity contribution in [3.05, 3.63) is 53.6 Å². The minimum atomic E-state index is -0.370. The van der Waals surface area contributed by atoms with Crippen molar-refractivity contribution in [1.82, 2.24) is 0 Å². The van der Waals surface area contributed by atoms with Gasteiger partial charge in [-0.3, -0.25) is 5.32 Å². The van der Waals surface area contributed by atoms with E-state index >= 15 is 0 Å². The van der Waals surface area contributed by atoms with E-state index in [0.717, 1.165) is 42.5 Å². The molecule has 0 aliphatic heterocycles. The largest absolute Gasteiger partial charge is 0.446 e. The van der Waals surface area contributed by atoms with Crippen molar-refractivity contribution >= 4 is 23.4 Å². The van der Waals surface area contributed by atoms with Gasteiger partial charge in [-0.1, -0.05) is 42.3 Å². The van der Waals surface area contributed by atoms with Gasteiger partial charge < -0.3 is 4.74 Å². The molecule has 0 atom stereocenters. The SMILES string of the molecule is O=C(Nc1cccc(-c2ccc(Cl)cc2)c1)OC1CCCCC1. The Hall–Kier alpha value is -2.00. The molecular formula is C19H20ClNO2. The fraction of sp³-hybridized carbons (Fsp3) is 0.316. The average Bonchev–Trinajstić information content (AvgIpc) is 2.56. The van der Waals surface area contributed by atoms with Gasteiger partial charge in [0.25, 0.3) is 0 Å². The second-order valence-corrected chi connectivity index (χ2v) is 6.31. The van der Waals surface area contributed by atoms with E-state index in [1.54, 1.807) is 0 Å². The Labute approximate surface area is 141 Å². The number of carbonyl (C=O) groups is 1. The first-order chi connectivity index (χ1) is 11.2. The number of hydrogen-bond donors (Lipinski definition) is 1. The number of hydrogen-bond acceptors (Lipinski definition) is 2. The Morgan fingerprint density at radius 2 is 1.74 bits per heavy atom. The molecule has 0 heterocycles. The molecule has 0 bridgehead atoms. The third-order valence-corrected chi connectivity index (χ3v) is 4.36. The molecular weight excluding hydrogens is 310 g/mol. The first-order valence-corrected chi connectivity index (χ1v) is 8.42. The maximum atomic E-state index is 12.0. The zero-order valence-corrected chi connectivity index (χ0v) is 13.7. The number of rotatable bonds is 3. The summed E-state index contributed by atoms with van der Waals surface area (Å²) in [5.41, 5.74) is 2.81. The third kappa shape index (κ3) is 4.49. The van der Waals surface area contributed by atoms with Gasteiger partial charge in [0.05, 0.1) is 0 Å². The van der Waals surface area contributed by atoms with Crippen LogP contribution in [0.5, 0.6) is 0 Å². The second-order valence-electron chi connectivity index (χ2n) is 5.88. The molecule has 120 valence electrons. The van der Waals surface area contributed by atoms with Crippen LogP contribution < -0.4 is 5.32 Å². The predicted molar refractivity (Wildman–Crippen MR) is 93.9 cm³/mol. The van der Waals surface area contributed by atoms with E-state index < -0.39 is 0 Å². The molecule has 3 rings (SSSR count). The first kappa shape index (κ1) is 15.9. The number of nitrogens with one attached hydrogen (secondary N) is 1. The van der Waals surface area contributed by atoms with Gasteiger partial charge in [0.15, 0.2) is 0 Å². The highest BCUT2D eigenvalue weighted by Gasteiger charge is 2.17. The summed E-state index contributed by atoms with van der Waals surface area (Å²) >= 11 is 5.92. The highest BCUT2D eigenvalue weighted by Crippen LogP contribution is 2.25. The van der Waals surface area contributed by atoms with Crippen molar-refractivity contribution in [3.63, 3.8) is 0 Å². The summed E-state index contributed by atoms with van der Waals surface area (Å²) in [5.74, 6) is 0. The number of halogens is 1. The zero-order chi connectivity index (χ0) is 16.1. The van der Waals surface area contributed by atoms with Crippen LogP contribution in [0.15, 0.2) is 48.5 Å². The van der Waals surface area contributed by atoms with Crippen molar-refractivity contribution in [2.45, 2.75) is 38.2 Å². The molecule has 1 aliphatic carbocycles. The van der Waals surface area contributed by atoms with Crippen molar-refractivity contribution in [3.8, 4) is 11.1 Å². The van der Waals surface area contributed by atoms with Crippen LogP contribution in [0.3, 0.4) is 0 Å². The zero-order valence-electron chi connectivity index (χ0n) is 12.9. The summed E-state index contributed by atoms with van der Waals surface area (Å²) in [4.78, 5) is 12.0. The van der Waals surface area contributed by atoms with Crippen LogP contribution in [-0.2, 0) is 4.74 Å². The third-order valence-electron chi connectivity index (χ3n) is 4.11. The van der Waals surface area contributed by atoms with Crippen LogP contribution >= 0.6 is 11.6 Å². The average molecular weight is 330 g/mol. The smallest absolute Gasteiger partial charge is 0.411 e. The van der Waals surface area contributed by atoms with Gasteiger partial charge in [-0.15, -0.1) is 0 Å². The van der Waals surface area contributed by atoms with E-state index in [2.05, 4.69) is 5.32 Å². The lowest BCUT2D eigenvalue weighted by atomic mass is 9.98. The normalized spacial score (nSPS) is 15.2. The first-order valence-electron chi connectivity index (χ1n) is 8.04. The van der Waals surface area contributed by atoms with Crippen molar-refractivity contribution in [2.24, 2.45) is 0 Å². The van der Waals surface area contributed by atoms with Gasteiger partial charge in [-0.05, 0) is 61.1 Å². The highest BCUT2D eigenvalue weighted by atomic mass is 35.5. The molecule has 1 fully saturated rings. The van der Waals surface area contributed by atoms with Crippen molar-refractivity contribution in [2.75, 3.05) is 5.32 Å². The molecule has 0 radical (unpaired) electrons. The molecule has 0 saturated heterocycles. The van der Waals surface area contributed by atoms with E-state index in [0.29, 0.717) is 5.02 Å². The summed E-state index contributed by atoms with van der Waals surface area (Å²) < 4.78 is 5.49. The van der Waals surface area contributed by atoms with Crippen LogP contribution in [-0.4, -0.2) is 12.2 Å². The molecule has 1 N–H and O–H groups in total. The van der Waals surface area contributed by atoms with E-state index in [9.17, 15) is 4.79 Å². The molecule has 1 saturated carbocycles. The molecule has 2 aromatic carbocycles. The molecule has 1 aliphatic rings. The summed E-state index contributed by atoms with van der Waals surface area (Å²) in [7, 11) is 0. The van der Waals surface area contributed by atoms with E-state index in [4.69, 9.17) is 16.3 Å². The standard InChI is InChI=1S/C19H20ClNO2/c20-16-11-9-14(10-12-16)15-5-4-6-17(13-15)21-19(22)23-18-7-2-1-3-8-18/h4-6,9-13,18H,1-3,7-8H2,(H,21,22). The Morgan fingerprint density at radius 1 is 1.00 bits per heavy atom. The maximum Gasteiger partial charge on any atom is 0.411 e. The highest BCUT2D eigenvalue weighted by molar-refractivity contribution is 6.30. The fourth-order valence-corrected chi connectivity index (χ4v) is 3.03. The topological polar surface area (TPSA) is 38.3 Å². The minimum Gasteiger partial charge on any atom is -0.446 e. The quantitative estimate of drug-likeness (QED) is 0.762. The lowest BCUT2D eigenvalue weighted by Crippen LogP contribution is -2.24. The summed E-state index contributed by atoms with van der Waals surface area (Å²) in [5, 5.41) is 3.53. The van der Waals surface area contributed by atoms with Gasteiger partial charge in [-0.25, -0.2) is 4.79 Å². The Bertz CT molecular complexity index is 663. The molecule has 0 spiro atoms. The Morgan fingerprint density at radius 3 is 2.48 bits per heavy atom. The summed E-state index contributed by atoms with van der Waals surface area (Å²) in [6.45, 7) is 0. The second kappa shape index (κ2) is 7.51. The maximum absolute atomic E-state index is 12.0. The molecule has 1 amide bonds. The van der Waals surface area contributed by atoms with Crippen LogP contribution in [0.4, 0.5) is 10.5 Å². The molecule has 3 nitrogen and oxygen atoms in total. The van der Waals surface area contributed by atoms with Gasteiger partial charge >= 0.3 is 6.09 Å². The van der Waals surface area contributed by atoms with Gasteiger partial charge in [-0.2, -0.15) is 0 Å². The van der Waals surface area contributed by atoms with Gasteiger partial charge in [0, 0.05) is 10.7 Å². The lowest BCUT2D eigenvalue weighted by Gasteiger charge is -2.21. The van der Waals surface area contributed by atoms with Crippen LogP contribution in [0.25, 0.3) is 11.1 Å². The number of ether oxygens (including phenoxy) is 1. The Kier molecular flexibility index (Phi) is 5.19. The minimum absolute atomic E-state index is 0.0585. The van der Waals surface area contributed by atoms with E-state index in [1.807, 2.05) is 48.5 Å². The van der Waals surface area contributed by atoms with Crippen LogP contribution in [0.1, 0.15) is 32.1 Å². The van der Waals surface area contributed by atoms with Gasteiger partial charge in [0.1, 0.15) is 6.10 Å². The van der Waals surface area contributed by atoms with Gasteiger partial charge in [0.2, 0.25) is 0 Å². The van der Waals surface area contributed by atoms with Crippen LogP contribution in [0, 0.1) is 0 Å². The summed E-state index contributed by atoms with van der Waals surface area (Å²) in [6.07, 6.45) is 5.16. The number of amides is 1. The fourth-order valence-electron chi connectivity index (χ4n) is 2.90. The molecule has 0 aromatic heterocycles. The van der Waals surface area contributed by atoms with Crippen molar-refractivity contribution < 1.29 is 9.53 Å². The number of benzene rings is 2. The van der Waals surface area contributed by atoms with Crippen molar-refractivity contribution in [1.29, 1.82) is 0 Å². The Balaban J connectivity index is 1.65. The van der Waals surface area contributed by atoms with Crippen LogP contribution in [0.2, 0.25) is 5.02 Å². The monoisotopic (exact) mass is 329 g/mol. The molecule has 23 heavy (non-hydrogen) atoms. The molecule has 2 aromatic rings. The summed E-state index contributed by atoms with van der Waals surface area (Å²) in [6, 6.07) is 15.3.